The molecule has 0 aliphatic heterocycles. The van der Waals surface area contributed by atoms with Crippen LogP contribution in [0.5, 0.6) is 5.75 Å². The van der Waals surface area contributed by atoms with Gasteiger partial charge in [-0.3, -0.25) is 4.98 Å². The van der Waals surface area contributed by atoms with Crippen molar-refractivity contribution in [3.05, 3.63) is 54.6 Å². The first-order valence-electron chi connectivity index (χ1n) is 6.63. The molecular weight excluding hydrogens is 294 g/mol. The molecule has 0 aliphatic carbocycles. The van der Waals surface area contributed by atoms with Gasteiger partial charge in [0.15, 0.2) is 0 Å². The van der Waals surface area contributed by atoms with Gasteiger partial charge >= 0.3 is 0 Å². The van der Waals surface area contributed by atoms with Crippen molar-refractivity contribution >= 4 is 11.3 Å². The predicted octanol–water partition coefficient (Wildman–Crippen LogP) is 1.94. The van der Waals surface area contributed by atoms with E-state index in [0.29, 0.717) is 5.69 Å². The van der Waals surface area contributed by atoms with Crippen molar-refractivity contribution in [3.63, 3.8) is 0 Å². The van der Waals surface area contributed by atoms with E-state index in [1.165, 1.54) is 6.20 Å². The summed E-state index contributed by atoms with van der Waals surface area (Å²) in [4.78, 5) is 4.15. The van der Waals surface area contributed by atoms with E-state index >= 15 is 0 Å². The van der Waals surface area contributed by atoms with E-state index in [9.17, 15) is 5.11 Å². The highest BCUT2D eigenvalue weighted by atomic mass is 16.3. The lowest BCUT2D eigenvalue weighted by molar-refractivity contribution is 0.475. The number of aromatic hydroxyl groups is 1. The van der Waals surface area contributed by atoms with Crippen LogP contribution in [0.4, 0.5) is 5.69 Å². The molecule has 0 saturated carbocycles. The minimum Gasteiger partial charge on any atom is -0.506 e. The van der Waals surface area contributed by atoms with E-state index in [1.807, 2.05) is 30.3 Å². The van der Waals surface area contributed by atoms with Crippen molar-refractivity contribution in [2.24, 2.45) is 0 Å². The van der Waals surface area contributed by atoms with Crippen LogP contribution in [0.1, 0.15) is 5.82 Å². The number of H-pyrrole nitrogens is 1. The number of hydrogen-bond donors (Lipinski definition) is 3. The van der Waals surface area contributed by atoms with Crippen LogP contribution in [-0.4, -0.2) is 30.7 Å². The van der Waals surface area contributed by atoms with Gasteiger partial charge in [0.05, 0.1) is 0 Å². The molecule has 0 amide bonds. The van der Waals surface area contributed by atoms with Gasteiger partial charge in [-0.25, -0.2) is 0 Å². The fourth-order valence-corrected chi connectivity index (χ4v) is 1.92. The smallest absolute Gasteiger partial charge is 0.216 e. The Kier molecular flexibility index (Phi) is 3.93. The van der Waals surface area contributed by atoms with Crippen LogP contribution in [-0.2, 0) is 0 Å². The van der Waals surface area contributed by atoms with Crippen LogP contribution >= 0.6 is 0 Å². The molecule has 2 heterocycles. The molecule has 3 N–H and O–H groups in total. The fourth-order valence-electron chi connectivity index (χ4n) is 1.92. The quantitative estimate of drug-likeness (QED) is 0.629. The third-order valence-corrected chi connectivity index (χ3v) is 3.03. The molecular formula is C15H11N7O. The zero-order chi connectivity index (χ0) is 16.1. The molecule has 0 spiro atoms. The summed E-state index contributed by atoms with van der Waals surface area (Å²) >= 11 is 0. The number of pyridine rings is 1. The molecule has 112 valence electrons. The van der Waals surface area contributed by atoms with Crippen molar-refractivity contribution in [1.82, 2.24) is 25.6 Å². The number of rotatable bonds is 4. The molecule has 0 fully saturated rings. The topological polar surface area (TPSA) is 123 Å². The molecule has 0 radical (unpaired) electrons. The van der Waals surface area contributed by atoms with E-state index in [4.69, 9.17) is 5.26 Å². The maximum absolute atomic E-state index is 9.80. The lowest BCUT2D eigenvalue weighted by Gasteiger charge is -2.05. The molecule has 8 heteroatoms. The predicted molar refractivity (Wildman–Crippen MR) is 82.7 cm³/mol. The first-order chi connectivity index (χ1) is 11.3. The highest BCUT2D eigenvalue weighted by Crippen LogP contribution is 2.27. The van der Waals surface area contributed by atoms with Crippen LogP contribution in [0.15, 0.2) is 48.8 Å². The molecule has 0 aliphatic rings. The van der Waals surface area contributed by atoms with Gasteiger partial charge in [0.2, 0.25) is 5.82 Å². The third kappa shape index (κ3) is 3.14. The molecule has 2 aromatic heterocycles. The molecule has 8 nitrogen and oxygen atoms in total. The van der Waals surface area contributed by atoms with E-state index in [2.05, 4.69) is 30.9 Å². The number of nitriles is 1. The number of aromatic amines is 1. The SMILES string of the molecule is N#CC(=CNc1ccc(-c2ncccc2O)cc1)c1nn[nH]n1. The molecule has 3 aromatic rings. The number of tetrazole rings is 1. The van der Waals surface area contributed by atoms with E-state index < -0.39 is 0 Å². The molecule has 0 saturated heterocycles. The van der Waals surface area contributed by atoms with Crippen molar-refractivity contribution in [1.29, 1.82) is 5.26 Å². The van der Waals surface area contributed by atoms with Gasteiger partial charge in [-0.1, -0.05) is 12.1 Å². The van der Waals surface area contributed by atoms with Gasteiger partial charge in [0.25, 0.3) is 0 Å². The minimum absolute atomic E-state index is 0.122. The van der Waals surface area contributed by atoms with Crippen molar-refractivity contribution < 1.29 is 5.11 Å². The normalized spacial score (nSPS) is 11.0. The molecule has 3 rings (SSSR count). The number of nitrogens with zero attached hydrogens (tertiary/aromatic N) is 5. The van der Waals surface area contributed by atoms with Gasteiger partial charge in [-0.15, -0.1) is 10.2 Å². The maximum Gasteiger partial charge on any atom is 0.216 e. The minimum atomic E-state index is 0.122. The zero-order valence-corrected chi connectivity index (χ0v) is 11.8. The molecule has 0 unspecified atom stereocenters. The van der Waals surface area contributed by atoms with Gasteiger partial charge in [0.1, 0.15) is 23.1 Å². The lowest BCUT2D eigenvalue weighted by atomic mass is 10.1. The van der Waals surface area contributed by atoms with Crippen LogP contribution in [0.3, 0.4) is 0 Å². The Morgan fingerprint density at radius 3 is 2.74 bits per heavy atom. The van der Waals surface area contributed by atoms with Gasteiger partial charge in [-0.05, 0) is 29.5 Å². The van der Waals surface area contributed by atoms with Crippen molar-refractivity contribution in [2.75, 3.05) is 5.32 Å². The number of hydrogen-bond acceptors (Lipinski definition) is 7. The average Bonchev–Trinajstić information content (AvgIpc) is 3.11. The fraction of sp³-hybridized carbons (Fsp3) is 0. The van der Waals surface area contributed by atoms with Crippen LogP contribution < -0.4 is 5.32 Å². The first-order valence-corrected chi connectivity index (χ1v) is 6.63. The average molecular weight is 305 g/mol. The second-order valence-corrected chi connectivity index (χ2v) is 4.50. The Morgan fingerprint density at radius 1 is 1.26 bits per heavy atom. The largest absolute Gasteiger partial charge is 0.506 e. The zero-order valence-electron chi connectivity index (χ0n) is 11.8. The number of allylic oxidation sites excluding steroid dienone is 1. The summed E-state index contributed by atoms with van der Waals surface area (Å²) < 4.78 is 0. The third-order valence-electron chi connectivity index (χ3n) is 3.03. The van der Waals surface area contributed by atoms with Crippen LogP contribution in [0.2, 0.25) is 0 Å². The number of nitrogens with one attached hydrogen (secondary N) is 2. The van der Waals surface area contributed by atoms with Gasteiger partial charge in [0, 0.05) is 23.6 Å². The summed E-state index contributed by atoms with van der Waals surface area (Å²) in [7, 11) is 0. The van der Waals surface area contributed by atoms with Crippen molar-refractivity contribution in [2.45, 2.75) is 0 Å². The Bertz CT molecular complexity index is 864. The monoisotopic (exact) mass is 305 g/mol. The molecule has 0 atom stereocenters. The Balaban J connectivity index is 1.78. The summed E-state index contributed by atoms with van der Waals surface area (Å²) in [5, 5.41) is 35.1. The summed E-state index contributed by atoms with van der Waals surface area (Å²) in [5.41, 5.74) is 2.32. The summed E-state index contributed by atoms with van der Waals surface area (Å²) in [6.07, 6.45) is 3.12. The highest BCUT2D eigenvalue weighted by Gasteiger charge is 2.06. The second-order valence-electron chi connectivity index (χ2n) is 4.50. The Labute approximate surface area is 131 Å². The van der Waals surface area contributed by atoms with E-state index in [1.54, 1.807) is 18.3 Å². The van der Waals surface area contributed by atoms with Crippen molar-refractivity contribution in [3.8, 4) is 23.1 Å². The van der Waals surface area contributed by atoms with E-state index in [0.717, 1.165) is 11.3 Å². The van der Waals surface area contributed by atoms with Gasteiger partial charge < -0.3 is 10.4 Å². The lowest BCUT2D eigenvalue weighted by Crippen LogP contribution is -1.93. The van der Waals surface area contributed by atoms with E-state index in [-0.39, 0.29) is 17.1 Å². The maximum atomic E-state index is 9.80. The summed E-state index contributed by atoms with van der Waals surface area (Å²) in [6.45, 7) is 0. The molecule has 23 heavy (non-hydrogen) atoms. The standard InChI is InChI=1S/C15H11N7O/c16-8-11(15-19-21-22-20-15)9-18-12-5-3-10(4-6-12)14-13(23)2-1-7-17-14/h1-7,9,18,23H,(H,19,20,21,22). The Morgan fingerprint density at radius 2 is 2.09 bits per heavy atom. The number of anilines is 1. The number of benzene rings is 1. The first kappa shape index (κ1) is 14.2. The summed E-state index contributed by atoms with van der Waals surface area (Å²) in [5.74, 6) is 0.340. The van der Waals surface area contributed by atoms with Crippen LogP contribution in [0, 0.1) is 11.3 Å². The highest BCUT2D eigenvalue weighted by molar-refractivity contribution is 5.74. The van der Waals surface area contributed by atoms with Gasteiger partial charge in [-0.2, -0.15) is 10.5 Å². The summed E-state index contributed by atoms with van der Waals surface area (Å²) in [6, 6.07) is 12.5. The Hall–Kier alpha value is -3.73. The molecule has 1 aromatic carbocycles. The number of aromatic nitrogens is 5. The molecule has 0 bridgehead atoms. The second kappa shape index (κ2) is 6.36. The van der Waals surface area contributed by atoms with Crippen LogP contribution in [0.25, 0.3) is 16.8 Å².